The number of pyridine rings is 1. The quantitative estimate of drug-likeness (QED) is 0.149. The van der Waals surface area contributed by atoms with Gasteiger partial charge >= 0.3 is 0 Å². The molecule has 0 bridgehead atoms. The number of ether oxygens (including phenoxy) is 1. The van der Waals surface area contributed by atoms with Gasteiger partial charge in [-0.2, -0.15) is 12.1 Å². The molecule has 1 aliphatic rings. The Balaban J connectivity index is 0.00000757. The predicted molar refractivity (Wildman–Crippen MR) is 290 cm³/mol. The second-order valence-electron chi connectivity index (χ2n) is 22.1. The summed E-state index contributed by atoms with van der Waals surface area (Å²) in [6, 6.07) is 35.8. The predicted octanol–water partition coefficient (Wildman–Crippen LogP) is 17.5. The summed E-state index contributed by atoms with van der Waals surface area (Å²) >= 11 is 0. The molecule has 0 radical (unpaired) electrons. The van der Waals surface area contributed by atoms with Crippen molar-refractivity contribution < 1.29 is 38.1 Å². The SMILES string of the molecule is [2H]c1c([2H])c([2H])c(-c2cc(C(C)(C)C)cc(-c3cc(C(C)(C)C)cc(C(C)(C)C)c3)c2N2[CH-]N(c3[c-]c(Oc4[c-]c5c(cc4)c4c([2H])c([2H])c([2H])c([2H])c4n5-c4cc(C(C)(C)C)ccn4)ccc3)c3ccccc32)c([2H])c1[2H].[Pt]. The van der Waals surface area contributed by atoms with E-state index in [2.05, 4.69) is 124 Å². The molecule has 9 aromatic rings. The molecular formula is C64H63N4OPt-3. The minimum atomic E-state index is -0.464. The van der Waals surface area contributed by atoms with Gasteiger partial charge in [-0.3, -0.25) is 0 Å². The molecule has 2 aromatic heterocycles. The fourth-order valence-corrected chi connectivity index (χ4v) is 8.93. The fraction of sp³-hybridized carbons (Fsp3) is 0.250. The molecule has 7 aromatic carbocycles. The standard InChI is InChI=1S/C64H63N4O.Pt/c1-61(2,3)44-31-32-65-59(38-44)68-55-26-17-16-25-51(55)52-30-29-50(40-58(52)68)69-49-24-20-23-48(39-49)66-41-67(57-28-19-18-27-56(57)66)60-53(42-21-14-13-15-22-42)36-47(64(10,11)12)37-54(60)43-33-45(62(4,5)6)35-46(34-43)63(7,8)9;/h13-38,41H,1-12H3;/q-3;/i13D,14D,15D,16D,17D,21D,22D,25D,26D;. The first-order chi connectivity index (χ1) is 36.4. The molecule has 0 fully saturated rings. The Morgan fingerprint density at radius 3 is 1.77 bits per heavy atom. The molecule has 3 heterocycles. The van der Waals surface area contributed by atoms with Crippen molar-refractivity contribution in [3.63, 3.8) is 0 Å². The van der Waals surface area contributed by atoms with Crippen molar-refractivity contribution in [3.8, 4) is 39.6 Å². The second kappa shape index (κ2) is 18.1. The molecule has 0 atom stereocenters. The maximum atomic E-state index is 9.43. The fourth-order valence-electron chi connectivity index (χ4n) is 8.93. The number of aromatic nitrogens is 2. The summed E-state index contributed by atoms with van der Waals surface area (Å²) in [4.78, 5) is 8.79. The molecule has 0 spiro atoms. The molecule has 0 saturated carbocycles. The average Bonchev–Trinajstić information content (AvgIpc) is 4.07. The minimum Gasteiger partial charge on any atom is -0.509 e. The van der Waals surface area contributed by atoms with E-state index in [0.717, 1.165) is 44.8 Å². The number of hydrogen-bond donors (Lipinski definition) is 0. The maximum absolute atomic E-state index is 9.43. The van der Waals surface area contributed by atoms with Crippen molar-refractivity contribution >= 4 is 44.6 Å². The molecule has 6 heteroatoms. The Hall–Kier alpha value is -6.42. The number of rotatable bonds is 7. The van der Waals surface area contributed by atoms with Crippen molar-refractivity contribution in [3.05, 3.63) is 199 Å². The first-order valence-corrected chi connectivity index (χ1v) is 23.5. The number of nitrogens with zero attached hydrogens (tertiary/aromatic N) is 4. The van der Waals surface area contributed by atoms with Crippen molar-refractivity contribution in [1.82, 2.24) is 9.55 Å². The molecule has 0 N–H and O–H groups in total. The van der Waals surface area contributed by atoms with Crippen molar-refractivity contribution in [1.29, 1.82) is 0 Å². The first kappa shape index (κ1) is 38.3. The second-order valence-corrected chi connectivity index (χ2v) is 22.1. The van der Waals surface area contributed by atoms with Gasteiger partial charge in [0.1, 0.15) is 5.82 Å². The summed E-state index contributed by atoms with van der Waals surface area (Å²) in [6.45, 7) is 27.8. The molecule has 0 amide bonds. The zero-order valence-electron chi connectivity index (χ0n) is 50.9. The summed E-state index contributed by atoms with van der Waals surface area (Å²) < 4.78 is 89.0. The van der Waals surface area contributed by atoms with Crippen molar-refractivity contribution in [2.75, 3.05) is 9.80 Å². The van der Waals surface area contributed by atoms with Crippen LogP contribution in [0.25, 0.3) is 49.9 Å². The maximum Gasteiger partial charge on any atom is 0.135 e. The van der Waals surface area contributed by atoms with Crippen LogP contribution in [0.5, 0.6) is 11.5 Å². The zero-order valence-corrected chi connectivity index (χ0v) is 44.2. The van der Waals surface area contributed by atoms with Crippen molar-refractivity contribution in [2.45, 2.75) is 105 Å². The molecule has 1 aliphatic heterocycles. The summed E-state index contributed by atoms with van der Waals surface area (Å²) in [7, 11) is 0. The third-order valence-corrected chi connectivity index (χ3v) is 12.9. The van der Waals surface area contributed by atoms with E-state index in [1.54, 1.807) is 29.0 Å². The monoisotopic (exact) mass is 1110 g/mol. The summed E-state index contributed by atoms with van der Waals surface area (Å²) in [5.74, 6) is 1.15. The van der Waals surface area contributed by atoms with Crippen LogP contribution < -0.4 is 14.5 Å². The van der Waals surface area contributed by atoms with Crippen LogP contribution in [0.1, 0.15) is 118 Å². The van der Waals surface area contributed by atoms with Crippen LogP contribution in [0.3, 0.4) is 0 Å². The normalized spacial score (nSPS) is 15.0. The summed E-state index contributed by atoms with van der Waals surface area (Å²) in [5, 5.41) is 0.914. The average molecular weight is 1110 g/mol. The number of para-hydroxylation sites is 3. The Labute approximate surface area is 443 Å². The van der Waals surface area contributed by atoms with E-state index >= 15 is 0 Å². The summed E-state index contributed by atoms with van der Waals surface area (Å²) in [5.41, 5.74) is 8.99. The van der Waals surface area contributed by atoms with E-state index in [1.807, 2.05) is 66.2 Å². The van der Waals surface area contributed by atoms with E-state index < -0.39 is 23.5 Å². The molecule has 0 unspecified atom stereocenters. The van der Waals surface area contributed by atoms with Crippen molar-refractivity contribution in [2.24, 2.45) is 0 Å². The zero-order chi connectivity index (χ0) is 56.5. The van der Waals surface area contributed by atoms with Gasteiger partial charge in [0.2, 0.25) is 0 Å². The molecular weight excluding hydrogens is 1040 g/mol. The number of benzene rings is 7. The first-order valence-electron chi connectivity index (χ1n) is 28.0. The molecule has 358 valence electrons. The van der Waals surface area contributed by atoms with Gasteiger partial charge in [0.15, 0.2) is 0 Å². The third-order valence-electron chi connectivity index (χ3n) is 12.9. The van der Waals surface area contributed by atoms with Gasteiger partial charge in [0, 0.05) is 72.5 Å². The number of fused-ring (bicyclic) bond motifs is 4. The smallest absolute Gasteiger partial charge is 0.135 e. The van der Waals surface area contributed by atoms with Gasteiger partial charge in [-0.25, -0.2) is 4.98 Å². The molecule has 0 saturated heterocycles. The van der Waals surface area contributed by atoms with Crippen LogP contribution in [0.2, 0.25) is 0 Å². The molecule has 0 aliphatic carbocycles. The van der Waals surface area contributed by atoms with E-state index in [9.17, 15) is 2.74 Å². The van der Waals surface area contributed by atoms with E-state index in [0.29, 0.717) is 50.5 Å². The number of anilines is 4. The Bertz CT molecular complexity index is 3880. The van der Waals surface area contributed by atoms with Gasteiger partial charge in [0.25, 0.3) is 0 Å². The summed E-state index contributed by atoms with van der Waals surface area (Å²) in [6.07, 6.45) is 1.71. The Morgan fingerprint density at radius 1 is 0.529 bits per heavy atom. The van der Waals surface area contributed by atoms with Crippen LogP contribution in [0.15, 0.2) is 158 Å². The van der Waals surface area contributed by atoms with Gasteiger partial charge in [-0.15, -0.1) is 48.1 Å². The van der Waals surface area contributed by atoms with Crippen LogP contribution in [-0.2, 0) is 42.7 Å². The topological polar surface area (TPSA) is 33.5 Å². The van der Waals surface area contributed by atoms with Gasteiger partial charge in [-0.1, -0.05) is 167 Å². The van der Waals surface area contributed by atoms with E-state index in [4.69, 9.17) is 19.3 Å². The minimum absolute atomic E-state index is 0. The molecule has 5 nitrogen and oxygen atoms in total. The molecule has 70 heavy (non-hydrogen) atoms. The Morgan fingerprint density at radius 2 is 1.11 bits per heavy atom. The third kappa shape index (κ3) is 9.22. The number of hydrogen-bond acceptors (Lipinski definition) is 4. The van der Waals surface area contributed by atoms with Crippen LogP contribution in [-0.4, -0.2) is 9.55 Å². The van der Waals surface area contributed by atoms with Gasteiger partial charge in [-0.05, 0) is 103 Å². The van der Waals surface area contributed by atoms with E-state index in [-0.39, 0.29) is 84.6 Å². The van der Waals surface area contributed by atoms with Gasteiger partial charge < -0.3 is 19.1 Å². The van der Waals surface area contributed by atoms with Crippen LogP contribution in [0.4, 0.5) is 22.7 Å². The largest absolute Gasteiger partial charge is 0.509 e. The Kier molecular flexibility index (Phi) is 9.90. The van der Waals surface area contributed by atoms with Crippen LogP contribution in [0, 0.1) is 18.8 Å². The van der Waals surface area contributed by atoms with Gasteiger partial charge in [0.05, 0.1) is 12.3 Å². The molecule has 10 rings (SSSR count). The van der Waals surface area contributed by atoms with E-state index in [1.165, 1.54) is 0 Å². The van der Waals surface area contributed by atoms with Crippen LogP contribution >= 0.6 is 0 Å².